The maximum atomic E-state index is 13.2. The summed E-state index contributed by atoms with van der Waals surface area (Å²) in [6.45, 7) is 9.14. The van der Waals surface area contributed by atoms with E-state index in [4.69, 9.17) is 32.7 Å². The number of ether oxygens (including phenoxy) is 2. The van der Waals surface area contributed by atoms with E-state index in [1.54, 1.807) is 52.0 Å². The molecular formula is C23H24Cl2O4. The minimum absolute atomic E-state index is 0.123. The number of benzene rings is 2. The highest BCUT2D eigenvalue weighted by molar-refractivity contribution is 6.36. The minimum atomic E-state index is -1.09. The Balaban J connectivity index is 2.27. The van der Waals surface area contributed by atoms with Crippen LogP contribution in [0.2, 0.25) is 10.0 Å². The van der Waals surface area contributed by atoms with Crippen molar-refractivity contribution in [3.05, 3.63) is 57.8 Å². The Labute approximate surface area is 181 Å². The molecule has 0 aliphatic carbocycles. The van der Waals surface area contributed by atoms with Crippen LogP contribution in [-0.4, -0.2) is 28.7 Å². The second-order valence-electron chi connectivity index (χ2n) is 7.94. The van der Waals surface area contributed by atoms with Crippen LogP contribution < -0.4 is 4.74 Å². The molecule has 0 bridgehead atoms. The molecule has 0 saturated carbocycles. The third-order valence-corrected chi connectivity index (χ3v) is 5.43. The van der Waals surface area contributed by atoms with E-state index in [0.717, 1.165) is 11.1 Å². The predicted molar refractivity (Wildman–Crippen MR) is 117 cm³/mol. The molecule has 0 saturated heterocycles. The van der Waals surface area contributed by atoms with Crippen LogP contribution in [0.25, 0.3) is 16.7 Å². The van der Waals surface area contributed by atoms with Crippen molar-refractivity contribution in [1.29, 1.82) is 0 Å². The van der Waals surface area contributed by atoms with Gasteiger partial charge in [-0.05, 0) is 64.4 Å². The first-order valence-corrected chi connectivity index (χ1v) is 10.1. The summed E-state index contributed by atoms with van der Waals surface area (Å²) >= 11 is 12.4. The van der Waals surface area contributed by atoms with Crippen LogP contribution in [0.3, 0.4) is 0 Å². The summed E-state index contributed by atoms with van der Waals surface area (Å²) in [5, 5.41) is 12.0. The van der Waals surface area contributed by atoms with Gasteiger partial charge in [0, 0.05) is 21.2 Å². The quantitative estimate of drug-likeness (QED) is 0.597. The van der Waals surface area contributed by atoms with Crippen LogP contribution in [0, 0.1) is 0 Å². The minimum Gasteiger partial charge on any atom is -0.508 e. The molecule has 6 heteroatoms. The van der Waals surface area contributed by atoms with Crippen molar-refractivity contribution in [2.24, 2.45) is 0 Å². The summed E-state index contributed by atoms with van der Waals surface area (Å²) in [5.74, 6) is 0.0708. The molecule has 1 aliphatic heterocycles. The zero-order valence-electron chi connectivity index (χ0n) is 17.1. The predicted octanol–water partition coefficient (Wildman–Crippen LogP) is 6.48. The van der Waals surface area contributed by atoms with Gasteiger partial charge in [-0.2, -0.15) is 0 Å². The summed E-state index contributed by atoms with van der Waals surface area (Å²) in [6.07, 6.45) is 0. The van der Waals surface area contributed by atoms with Gasteiger partial charge in [-0.1, -0.05) is 35.3 Å². The average molecular weight is 435 g/mol. The molecule has 1 heterocycles. The first-order valence-electron chi connectivity index (χ1n) is 9.39. The number of hydrogen-bond donors (Lipinski definition) is 1. The summed E-state index contributed by atoms with van der Waals surface area (Å²) in [4.78, 5) is 13.2. The Morgan fingerprint density at radius 2 is 1.69 bits per heavy atom. The molecule has 0 aromatic heterocycles. The van der Waals surface area contributed by atoms with E-state index in [-0.39, 0.29) is 17.1 Å². The zero-order valence-corrected chi connectivity index (χ0v) is 18.6. The lowest BCUT2D eigenvalue weighted by atomic mass is 9.82. The molecule has 0 radical (unpaired) electrons. The molecule has 0 atom stereocenters. The second-order valence-corrected chi connectivity index (χ2v) is 8.79. The highest BCUT2D eigenvalue weighted by Gasteiger charge is 2.47. The zero-order chi connectivity index (χ0) is 21.6. The van der Waals surface area contributed by atoms with Crippen molar-refractivity contribution >= 4 is 34.6 Å². The number of aliphatic hydroxyl groups is 1. The van der Waals surface area contributed by atoms with E-state index in [1.165, 1.54) is 0 Å². The lowest BCUT2D eigenvalue weighted by Crippen LogP contribution is -2.49. The van der Waals surface area contributed by atoms with Crippen LogP contribution >= 0.6 is 23.2 Å². The van der Waals surface area contributed by atoms with Gasteiger partial charge < -0.3 is 14.6 Å². The van der Waals surface area contributed by atoms with Gasteiger partial charge in [-0.25, -0.2) is 0 Å². The van der Waals surface area contributed by atoms with Gasteiger partial charge in [0.05, 0.1) is 12.2 Å². The van der Waals surface area contributed by atoms with E-state index in [0.29, 0.717) is 28.0 Å². The van der Waals surface area contributed by atoms with Gasteiger partial charge in [0.25, 0.3) is 0 Å². The molecule has 0 spiro atoms. The van der Waals surface area contributed by atoms with Crippen LogP contribution in [0.4, 0.5) is 0 Å². The molecule has 1 N–H and O–H groups in total. The van der Waals surface area contributed by atoms with E-state index < -0.39 is 11.2 Å². The Hall–Kier alpha value is -2.01. The van der Waals surface area contributed by atoms with Crippen LogP contribution in [0.15, 0.2) is 42.2 Å². The monoisotopic (exact) mass is 434 g/mol. The fraction of sp³-hybridized carbons (Fsp3) is 0.348. The highest BCUT2D eigenvalue weighted by atomic mass is 35.5. The summed E-state index contributed by atoms with van der Waals surface area (Å²) < 4.78 is 11.6. The first kappa shape index (κ1) is 21.7. The van der Waals surface area contributed by atoms with Gasteiger partial charge in [0.1, 0.15) is 22.7 Å². The highest BCUT2D eigenvalue weighted by Crippen LogP contribution is 2.44. The summed E-state index contributed by atoms with van der Waals surface area (Å²) in [6, 6.07) is 10.7. The Morgan fingerprint density at radius 3 is 2.31 bits per heavy atom. The van der Waals surface area contributed by atoms with Crippen LogP contribution in [0.5, 0.6) is 5.75 Å². The SMILES string of the molecule is CCOc1ccc(-c2ccc(Cl)cc2Cl)cc1C1=C(O)C(C)(C)OC(C)(C)C1=O. The van der Waals surface area contributed by atoms with Crippen LogP contribution in [0.1, 0.15) is 40.2 Å². The Bertz CT molecular complexity index is 1010. The number of halogens is 2. The fourth-order valence-electron chi connectivity index (χ4n) is 3.59. The molecule has 154 valence electrons. The van der Waals surface area contributed by atoms with Crippen molar-refractivity contribution in [2.45, 2.75) is 45.8 Å². The number of aliphatic hydroxyl groups excluding tert-OH is 1. The van der Waals surface area contributed by atoms with Gasteiger partial charge in [-0.3, -0.25) is 4.79 Å². The molecule has 2 aromatic rings. The number of Topliss-reactive ketones (excluding diaryl/α,β-unsaturated/α-hetero) is 1. The number of carbonyl (C=O) groups is 1. The molecule has 0 fully saturated rings. The van der Waals surface area contributed by atoms with Gasteiger partial charge in [0.15, 0.2) is 5.78 Å². The molecular weight excluding hydrogens is 411 g/mol. The molecule has 1 aliphatic rings. The number of hydrogen-bond acceptors (Lipinski definition) is 4. The van der Waals surface area contributed by atoms with Gasteiger partial charge in [0.2, 0.25) is 0 Å². The van der Waals surface area contributed by atoms with Crippen molar-refractivity contribution in [3.63, 3.8) is 0 Å². The van der Waals surface area contributed by atoms with E-state index in [1.807, 2.05) is 19.1 Å². The van der Waals surface area contributed by atoms with Crippen molar-refractivity contribution in [1.82, 2.24) is 0 Å². The van der Waals surface area contributed by atoms with Crippen molar-refractivity contribution in [2.75, 3.05) is 6.61 Å². The van der Waals surface area contributed by atoms with Gasteiger partial charge in [-0.15, -0.1) is 0 Å². The Morgan fingerprint density at radius 1 is 1.00 bits per heavy atom. The number of carbonyl (C=O) groups excluding carboxylic acids is 1. The summed E-state index contributed by atoms with van der Waals surface area (Å²) in [5.41, 5.74) is 0.120. The van der Waals surface area contributed by atoms with Crippen LogP contribution in [-0.2, 0) is 9.53 Å². The maximum absolute atomic E-state index is 13.2. The molecule has 3 rings (SSSR count). The van der Waals surface area contributed by atoms with Crippen molar-refractivity contribution < 1.29 is 19.4 Å². The smallest absolute Gasteiger partial charge is 0.198 e. The topological polar surface area (TPSA) is 55.8 Å². The molecule has 0 amide bonds. The fourth-order valence-corrected chi connectivity index (χ4v) is 4.11. The second kappa shape index (κ2) is 7.67. The maximum Gasteiger partial charge on any atom is 0.198 e. The number of ketones is 1. The van der Waals surface area contributed by atoms with Crippen molar-refractivity contribution in [3.8, 4) is 16.9 Å². The number of rotatable bonds is 4. The normalized spacial score (nSPS) is 18.1. The molecule has 29 heavy (non-hydrogen) atoms. The van der Waals surface area contributed by atoms with Gasteiger partial charge >= 0.3 is 0 Å². The molecule has 0 unspecified atom stereocenters. The third-order valence-electron chi connectivity index (χ3n) is 4.88. The Kier molecular flexibility index (Phi) is 5.74. The standard InChI is InChI=1S/C23H24Cl2O4/c1-6-28-18-10-7-13(15-9-8-14(24)12-17(15)25)11-16(18)19-20(26)22(2,3)29-23(4,5)21(19)27/h7-12,26H,6H2,1-5H3. The first-order chi connectivity index (χ1) is 13.5. The molecule has 2 aromatic carbocycles. The third kappa shape index (κ3) is 4.02. The average Bonchev–Trinajstić information content (AvgIpc) is 2.61. The van der Waals surface area contributed by atoms with E-state index in [9.17, 15) is 9.90 Å². The van der Waals surface area contributed by atoms with E-state index >= 15 is 0 Å². The summed E-state index contributed by atoms with van der Waals surface area (Å²) in [7, 11) is 0. The van der Waals surface area contributed by atoms with E-state index in [2.05, 4.69) is 0 Å². The molecule has 4 nitrogen and oxygen atoms in total. The lowest BCUT2D eigenvalue weighted by Gasteiger charge is -2.40. The largest absolute Gasteiger partial charge is 0.508 e. The lowest BCUT2D eigenvalue weighted by molar-refractivity contribution is -0.158.